The number of amides is 1. The zero-order valence-corrected chi connectivity index (χ0v) is 7.26. The Hall–Kier alpha value is -1.05. The van der Waals surface area contributed by atoms with Crippen LogP contribution in [0, 0.1) is 5.92 Å². The van der Waals surface area contributed by atoms with Crippen LogP contribution in [-0.4, -0.2) is 5.91 Å². The van der Waals surface area contributed by atoms with Crippen LogP contribution in [0.25, 0.3) is 0 Å². The van der Waals surface area contributed by atoms with Crippen molar-refractivity contribution in [2.75, 3.05) is 0 Å². The molecule has 1 aliphatic carbocycles. The lowest BCUT2D eigenvalue weighted by molar-refractivity contribution is -0.122. The lowest BCUT2D eigenvalue weighted by atomic mass is 10.0. The molecule has 1 fully saturated rings. The fourth-order valence-electron chi connectivity index (χ4n) is 1.92. The maximum atomic E-state index is 11.5. The first kappa shape index (κ1) is 7.59. The molecule has 1 N–H and O–H groups in total. The number of carbonyl (C=O) groups is 1. The van der Waals surface area contributed by atoms with E-state index < -0.39 is 0 Å². The average Bonchev–Trinajstić information content (AvgIpc) is 2.43. The predicted octanol–water partition coefficient (Wildman–Crippen LogP) is 1.75. The quantitative estimate of drug-likeness (QED) is 0.579. The summed E-state index contributed by atoms with van der Waals surface area (Å²) in [6, 6.07) is 0. The predicted molar refractivity (Wildman–Crippen MR) is 47.3 cm³/mol. The minimum absolute atomic E-state index is 0.165. The van der Waals surface area contributed by atoms with E-state index in [1.165, 1.54) is 5.57 Å². The molecule has 12 heavy (non-hydrogen) atoms. The molecule has 1 aliphatic heterocycles. The summed E-state index contributed by atoms with van der Waals surface area (Å²) in [5, 5.41) is 2.88. The molecule has 2 heteroatoms. The van der Waals surface area contributed by atoms with E-state index in [1.54, 1.807) is 0 Å². The van der Waals surface area contributed by atoms with Gasteiger partial charge >= 0.3 is 0 Å². The minimum atomic E-state index is 0.165. The van der Waals surface area contributed by atoms with Crippen LogP contribution in [0.15, 0.2) is 23.4 Å². The molecular weight excluding hydrogens is 150 g/mol. The molecule has 2 rings (SSSR count). The monoisotopic (exact) mass is 163 g/mol. The van der Waals surface area contributed by atoms with Gasteiger partial charge in [0.25, 0.3) is 0 Å². The van der Waals surface area contributed by atoms with Crippen molar-refractivity contribution in [3.63, 3.8) is 0 Å². The second-order valence-electron chi connectivity index (χ2n) is 3.53. The van der Waals surface area contributed by atoms with Crippen LogP contribution < -0.4 is 5.32 Å². The van der Waals surface area contributed by atoms with Crippen LogP contribution >= 0.6 is 0 Å². The fourth-order valence-corrected chi connectivity index (χ4v) is 1.92. The van der Waals surface area contributed by atoms with Gasteiger partial charge in [-0.3, -0.25) is 4.79 Å². The first-order valence-electron chi connectivity index (χ1n) is 4.45. The maximum absolute atomic E-state index is 11.5. The van der Waals surface area contributed by atoms with E-state index in [1.807, 2.05) is 13.0 Å². The van der Waals surface area contributed by atoms with Gasteiger partial charge in [-0.15, -0.1) is 0 Å². The molecule has 64 valence electrons. The van der Waals surface area contributed by atoms with Gasteiger partial charge in [0.2, 0.25) is 5.91 Å². The van der Waals surface area contributed by atoms with E-state index in [0.29, 0.717) is 0 Å². The Morgan fingerprint density at radius 2 is 2.33 bits per heavy atom. The van der Waals surface area contributed by atoms with Gasteiger partial charge in [-0.2, -0.15) is 0 Å². The second kappa shape index (κ2) is 2.77. The highest BCUT2D eigenvalue weighted by atomic mass is 16.1. The number of hydrogen-bond acceptors (Lipinski definition) is 1. The molecule has 0 radical (unpaired) electrons. The SMILES string of the molecule is CC1=CC=C2CCC[C@H]2C(=O)N1. The Morgan fingerprint density at radius 1 is 1.50 bits per heavy atom. The molecule has 2 nitrogen and oxygen atoms in total. The highest BCUT2D eigenvalue weighted by molar-refractivity contribution is 5.84. The number of fused-ring (bicyclic) bond motifs is 1. The molecule has 1 atom stereocenters. The molecule has 1 saturated carbocycles. The smallest absolute Gasteiger partial charge is 0.231 e. The highest BCUT2D eigenvalue weighted by Crippen LogP contribution is 2.32. The van der Waals surface area contributed by atoms with E-state index in [2.05, 4.69) is 11.4 Å². The van der Waals surface area contributed by atoms with Gasteiger partial charge in [0, 0.05) is 5.70 Å². The van der Waals surface area contributed by atoms with Crippen molar-refractivity contribution >= 4 is 5.91 Å². The minimum Gasteiger partial charge on any atom is -0.330 e. The number of nitrogens with one attached hydrogen (secondary N) is 1. The van der Waals surface area contributed by atoms with Crippen molar-refractivity contribution in [3.05, 3.63) is 23.4 Å². The number of hydrogen-bond donors (Lipinski definition) is 1. The highest BCUT2D eigenvalue weighted by Gasteiger charge is 2.28. The molecule has 0 bridgehead atoms. The first-order valence-corrected chi connectivity index (χ1v) is 4.45. The third-order valence-electron chi connectivity index (χ3n) is 2.59. The van der Waals surface area contributed by atoms with Crippen LogP contribution in [0.5, 0.6) is 0 Å². The van der Waals surface area contributed by atoms with Crippen molar-refractivity contribution in [2.45, 2.75) is 26.2 Å². The number of rotatable bonds is 0. The molecule has 0 saturated heterocycles. The Bertz CT molecular complexity index is 276. The van der Waals surface area contributed by atoms with Gasteiger partial charge in [0.05, 0.1) is 5.92 Å². The molecular formula is C10H13NO. The van der Waals surface area contributed by atoms with Crippen LogP contribution in [0.3, 0.4) is 0 Å². The largest absolute Gasteiger partial charge is 0.330 e. The number of carbonyl (C=O) groups excluding carboxylic acids is 1. The molecule has 0 spiro atoms. The molecule has 0 aromatic carbocycles. The lowest BCUT2D eigenvalue weighted by Crippen LogP contribution is -2.27. The first-order chi connectivity index (χ1) is 5.77. The summed E-state index contributed by atoms with van der Waals surface area (Å²) in [4.78, 5) is 11.5. The third kappa shape index (κ3) is 1.17. The summed E-state index contributed by atoms with van der Waals surface area (Å²) in [7, 11) is 0. The summed E-state index contributed by atoms with van der Waals surface area (Å²) < 4.78 is 0. The number of allylic oxidation sites excluding steroid dienone is 3. The molecule has 0 aromatic heterocycles. The van der Waals surface area contributed by atoms with E-state index in [4.69, 9.17) is 0 Å². The second-order valence-corrected chi connectivity index (χ2v) is 3.53. The van der Waals surface area contributed by atoms with Gasteiger partial charge in [0.1, 0.15) is 0 Å². The van der Waals surface area contributed by atoms with Crippen molar-refractivity contribution in [3.8, 4) is 0 Å². The van der Waals surface area contributed by atoms with Gasteiger partial charge in [0.15, 0.2) is 0 Å². The van der Waals surface area contributed by atoms with Crippen LogP contribution in [-0.2, 0) is 4.79 Å². The molecule has 2 aliphatic rings. The summed E-state index contributed by atoms with van der Waals surface area (Å²) in [5.74, 6) is 0.351. The topological polar surface area (TPSA) is 29.1 Å². The fraction of sp³-hybridized carbons (Fsp3) is 0.500. The zero-order chi connectivity index (χ0) is 8.55. The zero-order valence-electron chi connectivity index (χ0n) is 7.26. The van der Waals surface area contributed by atoms with Crippen LogP contribution in [0.2, 0.25) is 0 Å². The Morgan fingerprint density at radius 3 is 3.17 bits per heavy atom. The summed E-state index contributed by atoms with van der Waals surface area (Å²) in [6.45, 7) is 1.93. The molecule has 1 heterocycles. The Kier molecular flexibility index (Phi) is 1.75. The Labute approximate surface area is 72.3 Å². The molecule has 0 unspecified atom stereocenters. The molecule has 0 aromatic rings. The van der Waals surface area contributed by atoms with Crippen molar-refractivity contribution in [1.29, 1.82) is 0 Å². The van der Waals surface area contributed by atoms with E-state index in [9.17, 15) is 4.79 Å². The summed E-state index contributed by atoms with van der Waals surface area (Å²) >= 11 is 0. The van der Waals surface area contributed by atoms with Crippen LogP contribution in [0.1, 0.15) is 26.2 Å². The maximum Gasteiger partial charge on any atom is 0.231 e. The standard InChI is InChI=1S/C10H13NO/c1-7-5-6-8-3-2-4-9(8)10(12)11-7/h5-6,9H,2-4H2,1H3,(H,11,12)/t9-/m1/s1. The third-order valence-corrected chi connectivity index (χ3v) is 2.59. The van der Waals surface area contributed by atoms with E-state index >= 15 is 0 Å². The molecule has 1 amide bonds. The Balaban J connectivity index is 2.31. The van der Waals surface area contributed by atoms with Gasteiger partial charge < -0.3 is 5.32 Å². The van der Waals surface area contributed by atoms with Crippen molar-refractivity contribution in [2.24, 2.45) is 5.92 Å². The normalized spacial score (nSPS) is 28.4. The van der Waals surface area contributed by atoms with Crippen LogP contribution in [0.4, 0.5) is 0 Å². The van der Waals surface area contributed by atoms with Gasteiger partial charge in [-0.1, -0.05) is 11.6 Å². The average molecular weight is 163 g/mol. The van der Waals surface area contributed by atoms with Gasteiger partial charge in [-0.25, -0.2) is 0 Å². The summed E-state index contributed by atoms with van der Waals surface area (Å²) in [6.07, 6.45) is 7.39. The van der Waals surface area contributed by atoms with E-state index in [-0.39, 0.29) is 11.8 Å². The van der Waals surface area contributed by atoms with Gasteiger partial charge in [-0.05, 0) is 32.3 Å². The van der Waals surface area contributed by atoms with Crippen molar-refractivity contribution < 1.29 is 4.79 Å². The lowest BCUT2D eigenvalue weighted by Gasteiger charge is -2.08. The van der Waals surface area contributed by atoms with E-state index in [0.717, 1.165) is 25.0 Å². The van der Waals surface area contributed by atoms with Crippen molar-refractivity contribution in [1.82, 2.24) is 5.32 Å². The summed E-state index contributed by atoms with van der Waals surface area (Å²) in [5.41, 5.74) is 2.27.